The first-order valence-corrected chi connectivity index (χ1v) is 13.7. The predicted octanol–water partition coefficient (Wildman–Crippen LogP) is 4.13. The van der Waals surface area contributed by atoms with Gasteiger partial charge in [0.2, 0.25) is 11.8 Å². The Labute approximate surface area is 243 Å². The second kappa shape index (κ2) is 9.92. The number of aliphatic hydroxyl groups excluding tert-OH is 1. The molecule has 1 aliphatic rings. The maximum absolute atomic E-state index is 9.90. The van der Waals surface area contributed by atoms with Gasteiger partial charge >= 0.3 is 0 Å². The molecule has 7 aromatic rings. The second-order valence-corrected chi connectivity index (χ2v) is 10.2. The highest BCUT2D eigenvalue weighted by molar-refractivity contribution is 5.87. The molecule has 3 N–H and O–H groups in total. The lowest BCUT2D eigenvalue weighted by atomic mass is 10.0. The number of nitrogens with two attached hydrogens (primary N) is 1. The van der Waals surface area contributed by atoms with Crippen LogP contribution in [0.5, 0.6) is 11.6 Å². The summed E-state index contributed by atoms with van der Waals surface area (Å²) in [5, 5.41) is 18.8. The van der Waals surface area contributed by atoms with Crippen LogP contribution in [0.4, 0.5) is 11.8 Å². The van der Waals surface area contributed by atoms with Crippen LogP contribution in [0.25, 0.3) is 45.1 Å². The number of aliphatic hydroxyl groups is 1. The quantitative estimate of drug-likeness (QED) is 0.295. The summed E-state index contributed by atoms with van der Waals surface area (Å²) < 4.78 is 15.4. The summed E-state index contributed by atoms with van der Waals surface area (Å²) in [7, 11) is 0. The predicted molar refractivity (Wildman–Crippen MR) is 158 cm³/mol. The van der Waals surface area contributed by atoms with Crippen LogP contribution in [0.3, 0.4) is 0 Å². The van der Waals surface area contributed by atoms with E-state index in [9.17, 15) is 5.11 Å². The van der Waals surface area contributed by atoms with Crippen molar-refractivity contribution in [2.45, 2.75) is 12.5 Å². The van der Waals surface area contributed by atoms with Gasteiger partial charge in [-0.2, -0.15) is 14.6 Å². The second-order valence-electron chi connectivity index (χ2n) is 10.2. The largest absolute Gasteiger partial charge is 0.463 e. The molecule has 43 heavy (non-hydrogen) atoms. The average molecular weight is 573 g/mol. The highest BCUT2D eigenvalue weighted by Crippen LogP contribution is 2.37. The lowest BCUT2D eigenvalue weighted by Gasteiger charge is -2.17. The number of rotatable bonds is 6. The third-order valence-electron chi connectivity index (χ3n) is 7.38. The van der Waals surface area contributed by atoms with Crippen molar-refractivity contribution in [1.29, 1.82) is 0 Å². The van der Waals surface area contributed by atoms with Gasteiger partial charge in [0.25, 0.3) is 0 Å². The SMILES string of the molecule is Nc1nc(-c2ccco2)c(-c2ccc3nccn3c2)c(-n2nnc3cc(Oc4cccc(N5CC[C@H](O)C5)n4)ccc32)n1. The fraction of sp³-hybridized carbons (Fsp3) is 0.133. The Bertz CT molecular complexity index is 2100. The normalized spacial score (nSPS) is 15.1. The van der Waals surface area contributed by atoms with E-state index in [0.29, 0.717) is 52.0 Å². The van der Waals surface area contributed by atoms with E-state index >= 15 is 0 Å². The number of imidazole rings is 1. The lowest BCUT2D eigenvalue weighted by Crippen LogP contribution is -2.22. The van der Waals surface area contributed by atoms with Crippen molar-refractivity contribution in [2.24, 2.45) is 0 Å². The molecule has 13 heteroatoms. The van der Waals surface area contributed by atoms with Crippen molar-refractivity contribution in [3.8, 4) is 40.0 Å². The van der Waals surface area contributed by atoms with Crippen LogP contribution < -0.4 is 15.4 Å². The van der Waals surface area contributed by atoms with E-state index in [0.717, 1.165) is 30.0 Å². The van der Waals surface area contributed by atoms with E-state index in [4.69, 9.17) is 14.9 Å². The number of hydrogen-bond donors (Lipinski definition) is 2. The number of anilines is 2. The Morgan fingerprint density at radius 3 is 2.84 bits per heavy atom. The first kappa shape index (κ1) is 24.9. The zero-order chi connectivity index (χ0) is 28.9. The van der Waals surface area contributed by atoms with E-state index in [1.165, 1.54) is 0 Å². The van der Waals surface area contributed by atoms with Crippen molar-refractivity contribution in [1.82, 2.24) is 39.3 Å². The number of aromatic nitrogens is 8. The molecule has 0 aliphatic carbocycles. The zero-order valence-electron chi connectivity index (χ0n) is 22.6. The Kier molecular flexibility index (Phi) is 5.75. The molecule has 0 spiro atoms. The van der Waals surface area contributed by atoms with Crippen molar-refractivity contribution >= 4 is 28.4 Å². The van der Waals surface area contributed by atoms with Gasteiger partial charge in [0.15, 0.2) is 11.6 Å². The molecule has 212 valence electrons. The van der Waals surface area contributed by atoms with Gasteiger partial charge in [0.05, 0.1) is 23.4 Å². The molecule has 1 aromatic carbocycles. The Balaban J connectivity index is 1.20. The molecule has 1 aliphatic heterocycles. The number of furan rings is 1. The average Bonchev–Trinajstić information content (AvgIpc) is 3.84. The summed E-state index contributed by atoms with van der Waals surface area (Å²) in [5.74, 6) is 2.79. The van der Waals surface area contributed by atoms with Crippen LogP contribution in [-0.2, 0) is 0 Å². The van der Waals surface area contributed by atoms with Crippen molar-refractivity contribution in [3.63, 3.8) is 0 Å². The number of pyridine rings is 2. The van der Waals surface area contributed by atoms with Crippen molar-refractivity contribution < 1.29 is 14.3 Å². The fourth-order valence-corrected chi connectivity index (χ4v) is 5.38. The summed E-state index contributed by atoms with van der Waals surface area (Å²) >= 11 is 0. The summed E-state index contributed by atoms with van der Waals surface area (Å²) in [4.78, 5) is 20.2. The fourth-order valence-electron chi connectivity index (χ4n) is 5.38. The number of hydrogen-bond acceptors (Lipinski definition) is 11. The molecule has 0 radical (unpaired) electrons. The molecular weight excluding hydrogens is 548 g/mol. The Morgan fingerprint density at radius 1 is 1.02 bits per heavy atom. The zero-order valence-corrected chi connectivity index (χ0v) is 22.6. The first-order valence-electron chi connectivity index (χ1n) is 13.7. The van der Waals surface area contributed by atoms with Crippen molar-refractivity contribution in [2.75, 3.05) is 23.7 Å². The van der Waals surface area contributed by atoms with Crippen LogP contribution in [0, 0.1) is 0 Å². The summed E-state index contributed by atoms with van der Waals surface area (Å²) in [6.07, 6.45) is 7.52. The van der Waals surface area contributed by atoms with Gasteiger partial charge in [-0.25, -0.2) is 9.97 Å². The lowest BCUT2D eigenvalue weighted by molar-refractivity contribution is 0.198. The van der Waals surface area contributed by atoms with Gasteiger partial charge < -0.3 is 29.3 Å². The summed E-state index contributed by atoms with van der Waals surface area (Å²) in [5.41, 5.74) is 10.3. The van der Waals surface area contributed by atoms with Gasteiger partial charge in [0.1, 0.15) is 28.4 Å². The number of fused-ring (bicyclic) bond motifs is 2. The van der Waals surface area contributed by atoms with Crippen LogP contribution in [0.1, 0.15) is 6.42 Å². The molecule has 1 saturated heterocycles. The highest BCUT2D eigenvalue weighted by Gasteiger charge is 2.24. The third kappa shape index (κ3) is 4.48. The molecule has 1 atom stereocenters. The van der Waals surface area contributed by atoms with Crippen LogP contribution in [-0.4, -0.2) is 63.6 Å². The van der Waals surface area contributed by atoms with Crippen LogP contribution in [0.15, 0.2) is 89.9 Å². The number of nitrogens with zero attached hydrogens (tertiary/aromatic N) is 9. The number of nitrogen functional groups attached to an aromatic ring is 1. The number of benzene rings is 1. The van der Waals surface area contributed by atoms with Gasteiger partial charge in [-0.05, 0) is 48.9 Å². The minimum atomic E-state index is -0.342. The van der Waals surface area contributed by atoms with E-state index in [2.05, 4.69) is 30.2 Å². The molecule has 0 saturated carbocycles. The molecule has 0 amide bonds. The maximum Gasteiger partial charge on any atom is 0.222 e. The summed E-state index contributed by atoms with van der Waals surface area (Å²) in [6, 6.07) is 18.5. The minimum Gasteiger partial charge on any atom is -0.463 e. The number of β-amino-alcohol motifs (C(OH)–C–C–N with tert-alkyl or cyclic N) is 1. The van der Waals surface area contributed by atoms with Crippen LogP contribution in [0.2, 0.25) is 0 Å². The minimum absolute atomic E-state index is 0.0638. The highest BCUT2D eigenvalue weighted by atomic mass is 16.5. The van der Waals surface area contributed by atoms with E-state index in [1.807, 2.05) is 64.2 Å². The summed E-state index contributed by atoms with van der Waals surface area (Å²) in [6.45, 7) is 1.30. The Hall–Kier alpha value is -5.82. The molecule has 0 bridgehead atoms. The van der Waals surface area contributed by atoms with E-state index in [-0.39, 0.29) is 12.1 Å². The molecule has 7 heterocycles. The number of ether oxygens (including phenoxy) is 1. The standard InChI is InChI=1S/C30H24N10O3/c31-30-34-28(23-3-2-14-42-23)27(18-6-9-24-32-11-13-39(24)16-18)29(35-30)40-22-8-7-20(15-21(22)36-37-40)43-26-5-1-4-25(33-26)38-12-10-19(41)17-38/h1-9,11,13-16,19,41H,10,12,17H2,(H2,31,34,35)/t19-/m0/s1. The van der Waals surface area contributed by atoms with Crippen LogP contribution >= 0.6 is 0 Å². The van der Waals surface area contributed by atoms with Gasteiger partial charge in [-0.15, -0.1) is 5.10 Å². The maximum atomic E-state index is 9.90. The molecule has 6 aromatic heterocycles. The smallest absolute Gasteiger partial charge is 0.222 e. The van der Waals surface area contributed by atoms with E-state index in [1.54, 1.807) is 35.3 Å². The monoisotopic (exact) mass is 572 g/mol. The first-order chi connectivity index (χ1) is 21.1. The van der Waals surface area contributed by atoms with Crippen molar-refractivity contribution in [3.05, 3.63) is 85.5 Å². The topological polar surface area (TPSA) is 159 Å². The molecule has 13 nitrogen and oxygen atoms in total. The van der Waals surface area contributed by atoms with Gasteiger partial charge in [0, 0.05) is 49.4 Å². The molecule has 1 fully saturated rings. The molecular formula is C30H24N10O3. The molecule has 8 rings (SSSR count). The Morgan fingerprint density at radius 2 is 1.98 bits per heavy atom. The van der Waals surface area contributed by atoms with E-state index < -0.39 is 0 Å². The molecule has 0 unspecified atom stereocenters. The third-order valence-corrected chi connectivity index (χ3v) is 7.38. The van der Waals surface area contributed by atoms with Gasteiger partial charge in [-0.3, -0.25) is 0 Å². The van der Waals surface area contributed by atoms with Gasteiger partial charge in [-0.1, -0.05) is 11.3 Å².